The fourth-order valence-electron chi connectivity index (χ4n) is 1.15. The molecule has 0 fully saturated rings. The third kappa shape index (κ3) is 3.67. The van der Waals surface area contributed by atoms with Gasteiger partial charge >= 0.3 is 0 Å². The maximum atomic E-state index is 10.8. The summed E-state index contributed by atoms with van der Waals surface area (Å²) in [5.41, 5.74) is 5.57. The van der Waals surface area contributed by atoms with Crippen molar-refractivity contribution < 1.29 is 14.7 Å². The van der Waals surface area contributed by atoms with E-state index in [4.69, 9.17) is 5.73 Å². The first-order chi connectivity index (χ1) is 7.09. The molecular weight excluding hydrogens is 202 g/mol. The minimum atomic E-state index is -0.849. The van der Waals surface area contributed by atoms with Crippen LogP contribution in [0.1, 0.15) is 0 Å². The SMILES string of the molecule is NC(=O)C1=CC=CN(CCO[N+](=O)[O-])C1. The molecule has 0 unspecified atom stereocenters. The summed E-state index contributed by atoms with van der Waals surface area (Å²) in [5, 5.41) is 9.03. The standard InChI is InChI=1S/C8H11N3O4/c9-8(12)7-2-1-3-10(6-7)4-5-15-11(13)14/h1-3H,4-6H2,(H2,9,12). The summed E-state index contributed by atoms with van der Waals surface area (Å²) in [6.07, 6.45) is 5.00. The largest absolute Gasteiger partial charge is 0.371 e. The summed E-state index contributed by atoms with van der Waals surface area (Å²) in [6, 6.07) is 0. The third-order valence-corrected chi connectivity index (χ3v) is 1.86. The summed E-state index contributed by atoms with van der Waals surface area (Å²) in [6.45, 7) is 0.651. The van der Waals surface area contributed by atoms with Gasteiger partial charge in [0.05, 0.1) is 0 Å². The summed E-state index contributed by atoms with van der Waals surface area (Å²) in [7, 11) is 0. The number of primary amides is 1. The molecule has 0 radical (unpaired) electrons. The Kier molecular flexibility index (Phi) is 3.67. The van der Waals surface area contributed by atoms with E-state index in [1.807, 2.05) is 0 Å². The molecule has 1 rings (SSSR count). The van der Waals surface area contributed by atoms with Crippen molar-refractivity contribution in [1.82, 2.24) is 4.90 Å². The van der Waals surface area contributed by atoms with Crippen molar-refractivity contribution in [3.63, 3.8) is 0 Å². The van der Waals surface area contributed by atoms with Gasteiger partial charge in [-0.15, -0.1) is 10.1 Å². The Bertz CT molecular complexity index is 324. The molecule has 0 aromatic rings. The highest BCUT2D eigenvalue weighted by atomic mass is 16.9. The molecule has 0 aliphatic carbocycles. The van der Waals surface area contributed by atoms with E-state index in [1.165, 1.54) is 0 Å². The maximum Gasteiger partial charge on any atom is 0.294 e. The van der Waals surface area contributed by atoms with Crippen LogP contribution in [0.2, 0.25) is 0 Å². The van der Waals surface area contributed by atoms with E-state index < -0.39 is 11.0 Å². The molecule has 0 saturated heterocycles. The van der Waals surface area contributed by atoms with Crippen LogP contribution in [0.25, 0.3) is 0 Å². The number of nitrogens with two attached hydrogens (primary N) is 1. The number of carbonyl (C=O) groups is 1. The number of nitrogens with zero attached hydrogens (tertiary/aromatic N) is 2. The molecular formula is C8H11N3O4. The molecule has 1 amide bonds. The van der Waals surface area contributed by atoms with Gasteiger partial charge in [0.25, 0.3) is 5.09 Å². The van der Waals surface area contributed by atoms with Crippen LogP contribution in [0, 0.1) is 10.1 Å². The monoisotopic (exact) mass is 213 g/mol. The first-order valence-electron chi connectivity index (χ1n) is 4.28. The Morgan fingerprint density at radius 3 is 3.07 bits per heavy atom. The molecule has 0 aromatic heterocycles. The van der Waals surface area contributed by atoms with Gasteiger partial charge in [0, 0.05) is 18.7 Å². The normalized spacial score (nSPS) is 14.7. The van der Waals surface area contributed by atoms with Gasteiger partial charge < -0.3 is 15.5 Å². The minimum absolute atomic E-state index is 0.0383. The van der Waals surface area contributed by atoms with Crippen molar-refractivity contribution in [2.45, 2.75) is 0 Å². The number of hydrogen-bond acceptors (Lipinski definition) is 5. The van der Waals surface area contributed by atoms with Crippen molar-refractivity contribution in [1.29, 1.82) is 0 Å². The number of amides is 1. The zero-order valence-electron chi connectivity index (χ0n) is 7.96. The fourth-order valence-corrected chi connectivity index (χ4v) is 1.15. The van der Waals surface area contributed by atoms with E-state index in [0.29, 0.717) is 18.7 Å². The maximum absolute atomic E-state index is 10.8. The predicted octanol–water partition coefficient (Wildman–Crippen LogP) is -0.564. The van der Waals surface area contributed by atoms with Crippen molar-refractivity contribution in [3.8, 4) is 0 Å². The molecule has 15 heavy (non-hydrogen) atoms. The van der Waals surface area contributed by atoms with Crippen molar-refractivity contribution >= 4 is 5.91 Å². The van der Waals surface area contributed by atoms with Crippen LogP contribution in [0.5, 0.6) is 0 Å². The lowest BCUT2D eigenvalue weighted by Crippen LogP contribution is -2.31. The van der Waals surface area contributed by atoms with Crippen molar-refractivity contribution in [3.05, 3.63) is 34.0 Å². The van der Waals surface area contributed by atoms with Crippen LogP contribution in [-0.2, 0) is 9.63 Å². The van der Waals surface area contributed by atoms with Gasteiger partial charge in [-0.05, 0) is 12.3 Å². The summed E-state index contributed by atoms with van der Waals surface area (Å²) in [5.74, 6) is -0.487. The zero-order valence-corrected chi connectivity index (χ0v) is 7.96. The quantitative estimate of drug-likeness (QED) is 0.487. The molecule has 0 bridgehead atoms. The van der Waals surface area contributed by atoms with Crippen molar-refractivity contribution in [2.24, 2.45) is 5.73 Å². The van der Waals surface area contributed by atoms with Crippen molar-refractivity contribution in [2.75, 3.05) is 19.7 Å². The Hall–Kier alpha value is -2.05. The molecule has 7 heteroatoms. The molecule has 1 heterocycles. The van der Waals surface area contributed by atoms with Gasteiger partial charge in [0.1, 0.15) is 6.61 Å². The highest BCUT2D eigenvalue weighted by Gasteiger charge is 2.11. The lowest BCUT2D eigenvalue weighted by molar-refractivity contribution is -0.757. The number of rotatable bonds is 5. The van der Waals surface area contributed by atoms with Crippen LogP contribution in [0.4, 0.5) is 0 Å². The van der Waals surface area contributed by atoms with Crippen LogP contribution in [0.3, 0.4) is 0 Å². The molecule has 0 atom stereocenters. The fraction of sp³-hybridized carbons (Fsp3) is 0.375. The zero-order chi connectivity index (χ0) is 11.3. The average Bonchev–Trinajstić information content (AvgIpc) is 2.17. The molecule has 0 saturated carbocycles. The van der Waals surface area contributed by atoms with Crippen LogP contribution < -0.4 is 5.73 Å². The molecule has 1 aliphatic heterocycles. The van der Waals surface area contributed by atoms with E-state index in [-0.39, 0.29) is 6.61 Å². The topological polar surface area (TPSA) is 98.7 Å². The lowest BCUT2D eigenvalue weighted by Gasteiger charge is -2.22. The van der Waals surface area contributed by atoms with Gasteiger partial charge in [0.2, 0.25) is 5.91 Å². The van der Waals surface area contributed by atoms with E-state index in [2.05, 4.69) is 4.84 Å². The molecule has 7 nitrogen and oxygen atoms in total. The highest BCUT2D eigenvalue weighted by molar-refractivity contribution is 5.92. The molecule has 1 aliphatic rings. The minimum Gasteiger partial charge on any atom is -0.371 e. The Morgan fingerprint density at radius 1 is 1.73 bits per heavy atom. The van der Waals surface area contributed by atoms with E-state index in [1.54, 1.807) is 23.3 Å². The number of hydrogen-bond donors (Lipinski definition) is 1. The van der Waals surface area contributed by atoms with Crippen LogP contribution in [-0.4, -0.2) is 35.6 Å². The van der Waals surface area contributed by atoms with Gasteiger partial charge in [-0.2, -0.15) is 0 Å². The molecule has 82 valence electrons. The highest BCUT2D eigenvalue weighted by Crippen LogP contribution is 2.06. The van der Waals surface area contributed by atoms with Gasteiger partial charge in [-0.25, -0.2) is 0 Å². The van der Waals surface area contributed by atoms with E-state index in [0.717, 1.165) is 0 Å². The van der Waals surface area contributed by atoms with E-state index in [9.17, 15) is 14.9 Å². The lowest BCUT2D eigenvalue weighted by atomic mass is 10.2. The second-order valence-electron chi connectivity index (χ2n) is 2.92. The van der Waals surface area contributed by atoms with Gasteiger partial charge in [0.15, 0.2) is 0 Å². The summed E-state index contributed by atoms with van der Waals surface area (Å²) in [4.78, 5) is 26.6. The average molecular weight is 213 g/mol. The van der Waals surface area contributed by atoms with Crippen LogP contribution in [0.15, 0.2) is 23.9 Å². The van der Waals surface area contributed by atoms with E-state index >= 15 is 0 Å². The summed E-state index contributed by atoms with van der Waals surface area (Å²) < 4.78 is 0. The number of carbonyl (C=O) groups excluding carboxylic acids is 1. The van der Waals surface area contributed by atoms with Gasteiger partial charge in [-0.3, -0.25) is 4.79 Å². The first-order valence-corrected chi connectivity index (χ1v) is 4.28. The number of allylic oxidation sites excluding steroid dienone is 2. The Balaban J connectivity index is 2.35. The summed E-state index contributed by atoms with van der Waals surface area (Å²) >= 11 is 0. The molecule has 2 N–H and O–H groups in total. The first kappa shape index (κ1) is 11.0. The second-order valence-corrected chi connectivity index (χ2v) is 2.92. The predicted molar refractivity (Wildman–Crippen MR) is 50.9 cm³/mol. The Labute approximate surface area is 85.9 Å². The Morgan fingerprint density at radius 2 is 2.47 bits per heavy atom. The second kappa shape index (κ2) is 4.99. The molecule has 0 aromatic carbocycles. The smallest absolute Gasteiger partial charge is 0.294 e. The third-order valence-electron chi connectivity index (χ3n) is 1.86. The van der Waals surface area contributed by atoms with Crippen LogP contribution >= 0.6 is 0 Å². The van der Waals surface area contributed by atoms with Gasteiger partial charge in [-0.1, -0.05) is 6.08 Å². The molecule has 0 spiro atoms.